The maximum atomic E-state index is 11.4. The smallest absolute Gasteiger partial charge is 0.251 e. The average Bonchev–Trinajstić information content (AvgIpc) is 2.48. The maximum absolute atomic E-state index is 11.4. The molecule has 0 unspecified atom stereocenters. The Morgan fingerprint density at radius 2 is 1.80 bits per heavy atom. The van der Waals surface area contributed by atoms with Crippen LogP contribution in [0.2, 0.25) is 0 Å². The first-order valence-corrected chi connectivity index (χ1v) is 6.02. The first kappa shape index (κ1) is 16.0. The van der Waals surface area contributed by atoms with E-state index in [-0.39, 0.29) is 18.3 Å². The summed E-state index contributed by atoms with van der Waals surface area (Å²) in [7, 11) is 1.60. The summed E-state index contributed by atoms with van der Waals surface area (Å²) in [5, 5.41) is 2.57. The predicted molar refractivity (Wildman–Crippen MR) is 81.5 cm³/mol. The Labute approximate surface area is 124 Å². The van der Waals surface area contributed by atoms with Gasteiger partial charge in [0.15, 0.2) is 0 Å². The molecule has 0 aliphatic carbocycles. The van der Waals surface area contributed by atoms with Gasteiger partial charge in [0.2, 0.25) is 0 Å². The van der Waals surface area contributed by atoms with Crippen molar-refractivity contribution >= 4 is 18.3 Å². The number of carbonyl (C=O) groups is 1. The lowest BCUT2D eigenvalue weighted by atomic mass is 10.2. The quantitative estimate of drug-likeness (QED) is 0.911. The van der Waals surface area contributed by atoms with Crippen LogP contribution in [-0.2, 0) is 6.54 Å². The molecule has 2 rings (SSSR count). The van der Waals surface area contributed by atoms with Crippen molar-refractivity contribution in [3.05, 3.63) is 59.7 Å². The van der Waals surface area contributed by atoms with Crippen molar-refractivity contribution in [1.82, 2.24) is 5.32 Å². The third kappa shape index (κ3) is 3.73. The van der Waals surface area contributed by atoms with Gasteiger partial charge in [-0.05, 0) is 30.3 Å². The van der Waals surface area contributed by atoms with Crippen LogP contribution in [0, 0.1) is 0 Å². The fourth-order valence-electron chi connectivity index (χ4n) is 1.72. The number of benzene rings is 2. The van der Waals surface area contributed by atoms with Crippen molar-refractivity contribution < 1.29 is 9.53 Å². The third-order valence-electron chi connectivity index (χ3n) is 2.76. The largest absolute Gasteiger partial charge is 0.457 e. The van der Waals surface area contributed by atoms with Gasteiger partial charge in [0, 0.05) is 24.7 Å². The van der Waals surface area contributed by atoms with Gasteiger partial charge in [0.05, 0.1) is 0 Å². The molecule has 0 aliphatic rings. The van der Waals surface area contributed by atoms with E-state index < -0.39 is 0 Å². The van der Waals surface area contributed by atoms with Gasteiger partial charge in [-0.15, -0.1) is 12.4 Å². The van der Waals surface area contributed by atoms with E-state index >= 15 is 0 Å². The van der Waals surface area contributed by atoms with E-state index in [9.17, 15) is 4.79 Å². The molecule has 106 valence electrons. The average molecular weight is 293 g/mol. The highest BCUT2D eigenvalue weighted by Crippen LogP contribution is 2.25. The van der Waals surface area contributed by atoms with Crippen LogP contribution >= 0.6 is 12.4 Å². The summed E-state index contributed by atoms with van der Waals surface area (Å²) in [5.74, 6) is 1.29. The number of nitrogens with two attached hydrogens (primary N) is 1. The molecular formula is C15H17ClN2O2. The van der Waals surface area contributed by atoms with Crippen molar-refractivity contribution in [2.45, 2.75) is 6.54 Å². The minimum Gasteiger partial charge on any atom is -0.457 e. The number of carbonyl (C=O) groups excluding carboxylic acids is 1. The zero-order valence-corrected chi connectivity index (χ0v) is 11.9. The molecule has 0 atom stereocenters. The van der Waals surface area contributed by atoms with Crippen molar-refractivity contribution in [2.75, 3.05) is 7.05 Å². The standard InChI is InChI=1S/C15H16N2O2.ClH/c1-17-15(18)11-6-8-13(9-7-11)19-14-5-3-2-4-12(14)10-16;/h2-9H,10,16H2,1H3,(H,17,18);1H. The molecule has 1 amide bonds. The van der Waals surface area contributed by atoms with Gasteiger partial charge in [-0.25, -0.2) is 0 Å². The van der Waals surface area contributed by atoms with Crippen LogP contribution < -0.4 is 15.8 Å². The van der Waals surface area contributed by atoms with Crippen LogP contribution in [0.1, 0.15) is 15.9 Å². The number of halogens is 1. The lowest BCUT2D eigenvalue weighted by Crippen LogP contribution is -2.17. The summed E-state index contributed by atoms with van der Waals surface area (Å²) >= 11 is 0. The van der Waals surface area contributed by atoms with Crippen molar-refractivity contribution in [2.24, 2.45) is 5.73 Å². The van der Waals surface area contributed by atoms with E-state index in [2.05, 4.69) is 5.32 Å². The van der Waals surface area contributed by atoms with Crippen LogP contribution in [0.15, 0.2) is 48.5 Å². The summed E-state index contributed by atoms with van der Waals surface area (Å²) < 4.78 is 5.76. The van der Waals surface area contributed by atoms with Crippen LogP contribution in [0.5, 0.6) is 11.5 Å². The summed E-state index contributed by atoms with van der Waals surface area (Å²) in [4.78, 5) is 11.4. The number of hydrogen-bond donors (Lipinski definition) is 2. The monoisotopic (exact) mass is 292 g/mol. The van der Waals surface area contributed by atoms with Gasteiger partial charge in [0.1, 0.15) is 11.5 Å². The highest BCUT2D eigenvalue weighted by Gasteiger charge is 2.05. The number of hydrogen-bond acceptors (Lipinski definition) is 3. The Morgan fingerprint density at radius 3 is 2.40 bits per heavy atom. The van der Waals surface area contributed by atoms with Gasteiger partial charge >= 0.3 is 0 Å². The van der Waals surface area contributed by atoms with Crippen molar-refractivity contribution in [3.8, 4) is 11.5 Å². The first-order valence-electron chi connectivity index (χ1n) is 6.02. The fraction of sp³-hybridized carbons (Fsp3) is 0.133. The summed E-state index contributed by atoms with van der Waals surface area (Å²) in [6.45, 7) is 0.423. The lowest BCUT2D eigenvalue weighted by molar-refractivity contribution is 0.0963. The molecular weight excluding hydrogens is 276 g/mol. The van der Waals surface area contributed by atoms with Gasteiger partial charge in [0.25, 0.3) is 5.91 Å². The molecule has 20 heavy (non-hydrogen) atoms. The Balaban J connectivity index is 0.00000200. The molecule has 0 saturated heterocycles. The van der Waals surface area contributed by atoms with Gasteiger partial charge in [-0.1, -0.05) is 18.2 Å². The first-order chi connectivity index (χ1) is 9.24. The van der Waals surface area contributed by atoms with E-state index in [0.717, 1.165) is 11.3 Å². The summed E-state index contributed by atoms with van der Waals surface area (Å²) in [5.41, 5.74) is 7.19. The number of rotatable bonds is 4. The number of amides is 1. The van der Waals surface area contributed by atoms with Crippen LogP contribution in [0.25, 0.3) is 0 Å². The van der Waals surface area contributed by atoms with E-state index in [1.807, 2.05) is 24.3 Å². The van der Waals surface area contributed by atoms with E-state index in [4.69, 9.17) is 10.5 Å². The van der Waals surface area contributed by atoms with Crippen LogP contribution in [0.3, 0.4) is 0 Å². The molecule has 2 aromatic carbocycles. The minimum absolute atomic E-state index is 0. The topological polar surface area (TPSA) is 64.3 Å². The van der Waals surface area contributed by atoms with Gasteiger partial charge in [-0.2, -0.15) is 0 Å². The number of ether oxygens (including phenoxy) is 1. The maximum Gasteiger partial charge on any atom is 0.251 e. The second-order valence-corrected chi connectivity index (χ2v) is 4.02. The zero-order chi connectivity index (χ0) is 13.7. The Bertz CT molecular complexity index is 570. The second kappa shape index (κ2) is 7.53. The summed E-state index contributed by atoms with van der Waals surface area (Å²) in [6.07, 6.45) is 0. The molecule has 0 radical (unpaired) electrons. The minimum atomic E-state index is -0.117. The zero-order valence-electron chi connectivity index (χ0n) is 11.1. The van der Waals surface area contributed by atoms with Crippen molar-refractivity contribution in [1.29, 1.82) is 0 Å². The molecule has 5 heteroatoms. The van der Waals surface area contributed by atoms with Gasteiger partial charge < -0.3 is 15.8 Å². The molecule has 2 aromatic rings. The SMILES string of the molecule is CNC(=O)c1ccc(Oc2ccccc2CN)cc1.Cl. The molecule has 0 aromatic heterocycles. The molecule has 0 spiro atoms. The third-order valence-corrected chi connectivity index (χ3v) is 2.76. The predicted octanol–water partition coefficient (Wildman–Crippen LogP) is 2.72. The molecule has 0 bridgehead atoms. The lowest BCUT2D eigenvalue weighted by Gasteiger charge is -2.10. The fourth-order valence-corrected chi connectivity index (χ4v) is 1.72. The molecule has 0 saturated carbocycles. The van der Waals surface area contributed by atoms with Gasteiger partial charge in [-0.3, -0.25) is 4.79 Å². The molecule has 0 fully saturated rings. The second-order valence-electron chi connectivity index (χ2n) is 4.02. The number of para-hydroxylation sites is 1. The number of nitrogens with one attached hydrogen (secondary N) is 1. The van der Waals surface area contributed by atoms with Crippen LogP contribution in [-0.4, -0.2) is 13.0 Å². The molecule has 0 aliphatic heterocycles. The Kier molecular flexibility index (Phi) is 6.03. The van der Waals surface area contributed by atoms with Crippen molar-refractivity contribution in [3.63, 3.8) is 0 Å². The molecule has 4 nitrogen and oxygen atoms in total. The van der Waals surface area contributed by atoms with E-state index in [0.29, 0.717) is 17.9 Å². The molecule has 3 N–H and O–H groups in total. The molecule has 0 heterocycles. The van der Waals surface area contributed by atoms with Crippen LogP contribution in [0.4, 0.5) is 0 Å². The summed E-state index contributed by atoms with van der Waals surface area (Å²) in [6, 6.07) is 14.6. The van der Waals surface area contributed by atoms with E-state index in [1.165, 1.54) is 0 Å². The highest BCUT2D eigenvalue weighted by atomic mass is 35.5. The Morgan fingerprint density at radius 1 is 1.15 bits per heavy atom. The normalized spacial score (nSPS) is 9.50. The highest BCUT2D eigenvalue weighted by molar-refractivity contribution is 5.94. The van der Waals surface area contributed by atoms with E-state index in [1.54, 1.807) is 31.3 Å². The Hall–Kier alpha value is -2.04.